The molecule has 1 atom stereocenters. The molecule has 1 aromatic heterocycles. The average Bonchev–Trinajstić information content (AvgIpc) is 3.00. The van der Waals surface area contributed by atoms with E-state index in [4.69, 9.17) is 16.3 Å². The van der Waals surface area contributed by atoms with E-state index >= 15 is 0 Å². The first kappa shape index (κ1) is 21.8. The lowest BCUT2D eigenvalue weighted by molar-refractivity contribution is -0.114. The van der Waals surface area contributed by atoms with E-state index in [1.807, 2.05) is 84.8 Å². The predicted molar refractivity (Wildman–Crippen MR) is 119 cm³/mol. The summed E-state index contributed by atoms with van der Waals surface area (Å²) in [5.74, 6) is 0.552. The molecule has 0 radical (unpaired) electrons. The van der Waals surface area contributed by atoms with Gasteiger partial charge in [-0.15, -0.1) is 0 Å². The highest BCUT2D eigenvalue weighted by Crippen LogP contribution is 2.31. The van der Waals surface area contributed by atoms with E-state index in [2.05, 4.69) is 22.4 Å². The number of nitrogens with zero attached hydrogens (tertiary/aromatic N) is 3. The maximum atomic E-state index is 10.7. The van der Waals surface area contributed by atoms with Crippen LogP contribution in [0.25, 0.3) is 10.9 Å². The Morgan fingerprint density at radius 2 is 1.80 bits per heavy atom. The lowest BCUT2D eigenvalue weighted by Crippen LogP contribution is -2.42. The van der Waals surface area contributed by atoms with E-state index in [1.165, 1.54) is 5.39 Å². The second-order valence-corrected chi connectivity index (χ2v) is 6.98. The molecule has 30 heavy (non-hydrogen) atoms. The SMILES string of the molecule is CCOC1C(Cl)=C(NC=O)N(C)N1Cc1ccccc1.c1ccc2ncccc2c1. The normalized spacial score (nSPS) is 16.4. The van der Waals surface area contributed by atoms with E-state index in [-0.39, 0.29) is 6.23 Å². The van der Waals surface area contributed by atoms with E-state index in [0.29, 0.717) is 30.4 Å². The molecule has 1 aliphatic rings. The first-order valence-corrected chi connectivity index (χ1v) is 10.1. The monoisotopic (exact) mass is 424 g/mol. The van der Waals surface area contributed by atoms with E-state index in [9.17, 15) is 4.79 Å². The van der Waals surface area contributed by atoms with Crippen LogP contribution < -0.4 is 5.32 Å². The van der Waals surface area contributed by atoms with Gasteiger partial charge in [-0.05, 0) is 24.6 Å². The van der Waals surface area contributed by atoms with Crippen molar-refractivity contribution in [3.63, 3.8) is 0 Å². The van der Waals surface area contributed by atoms with Gasteiger partial charge in [0.05, 0.1) is 5.52 Å². The number of benzene rings is 2. The fraction of sp³-hybridized carbons (Fsp3) is 0.217. The zero-order valence-corrected chi connectivity index (χ0v) is 17.8. The van der Waals surface area contributed by atoms with Crippen LogP contribution in [-0.2, 0) is 16.1 Å². The number of hydrogen-bond donors (Lipinski definition) is 1. The summed E-state index contributed by atoms with van der Waals surface area (Å²) in [6.07, 6.45) is 2.04. The van der Waals surface area contributed by atoms with Gasteiger partial charge in [-0.25, -0.2) is 0 Å². The molecule has 0 spiro atoms. The Kier molecular flexibility index (Phi) is 7.79. The number of rotatable bonds is 6. The third kappa shape index (κ3) is 5.16. The maximum Gasteiger partial charge on any atom is 0.212 e. The van der Waals surface area contributed by atoms with Crippen molar-refractivity contribution in [1.29, 1.82) is 0 Å². The summed E-state index contributed by atoms with van der Waals surface area (Å²) in [4.78, 5) is 14.9. The molecule has 0 saturated heterocycles. The minimum atomic E-state index is -0.380. The molecule has 1 aliphatic heterocycles. The number of carbonyl (C=O) groups is 1. The molecule has 2 heterocycles. The van der Waals surface area contributed by atoms with Crippen LogP contribution in [0.1, 0.15) is 12.5 Å². The highest BCUT2D eigenvalue weighted by Gasteiger charge is 2.36. The summed E-state index contributed by atoms with van der Waals surface area (Å²) < 4.78 is 5.69. The number of halogens is 1. The Labute approximate surface area is 181 Å². The standard InChI is InChI=1S/C14H18ClN3O2.C9H7N/c1-3-20-14-12(15)13(16-10-19)17(2)18(14)9-11-7-5-4-6-8-11;1-2-6-9-8(4-1)5-3-7-10-9/h4-8,10,14H,3,9H2,1-2H3,(H,16,19);1-7H. The molecule has 2 aromatic carbocycles. The predicted octanol–water partition coefficient (Wildman–Crippen LogP) is 4.10. The molecule has 0 aliphatic carbocycles. The van der Waals surface area contributed by atoms with Gasteiger partial charge in [0, 0.05) is 31.8 Å². The molecule has 3 aromatic rings. The van der Waals surface area contributed by atoms with E-state index in [0.717, 1.165) is 11.1 Å². The van der Waals surface area contributed by atoms with Crippen molar-refractivity contribution in [1.82, 2.24) is 20.3 Å². The third-order valence-corrected chi connectivity index (χ3v) is 5.01. The van der Waals surface area contributed by atoms with Gasteiger partial charge < -0.3 is 10.1 Å². The van der Waals surface area contributed by atoms with E-state index < -0.39 is 0 Å². The second kappa shape index (κ2) is 10.7. The van der Waals surface area contributed by atoms with Crippen LogP contribution in [0.2, 0.25) is 0 Å². The number of fused-ring (bicyclic) bond motifs is 1. The number of pyridine rings is 1. The molecule has 1 N–H and O–H groups in total. The highest BCUT2D eigenvalue weighted by molar-refractivity contribution is 6.30. The number of hydrogen-bond acceptors (Lipinski definition) is 5. The molecule has 1 amide bonds. The van der Waals surface area contributed by atoms with Crippen molar-refractivity contribution >= 4 is 28.9 Å². The molecule has 0 bridgehead atoms. The number of ether oxygens (including phenoxy) is 1. The Morgan fingerprint density at radius 3 is 2.50 bits per heavy atom. The lowest BCUT2D eigenvalue weighted by Gasteiger charge is -2.31. The average molecular weight is 425 g/mol. The van der Waals surface area contributed by atoms with Crippen molar-refractivity contribution in [3.8, 4) is 0 Å². The van der Waals surface area contributed by atoms with Crippen LogP contribution >= 0.6 is 11.6 Å². The number of aromatic nitrogens is 1. The summed E-state index contributed by atoms with van der Waals surface area (Å²) >= 11 is 6.31. The first-order chi connectivity index (χ1) is 14.7. The van der Waals surface area contributed by atoms with Crippen LogP contribution in [0.3, 0.4) is 0 Å². The summed E-state index contributed by atoms with van der Waals surface area (Å²) in [6.45, 7) is 3.09. The van der Waals surface area contributed by atoms with Gasteiger partial charge in [0.15, 0.2) is 6.23 Å². The Hall–Kier alpha value is -2.93. The quantitative estimate of drug-likeness (QED) is 0.604. The van der Waals surface area contributed by atoms with Gasteiger partial charge in [0.1, 0.15) is 10.9 Å². The fourth-order valence-corrected chi connectivity index (χ4v) is 3.55. The van der Waals surface area contributed by atoms with E-state index in [1.54, 1.807) is 0 Å². The van der Waals surface area contributed by atoms with Crippen LogP contribution in [0.5, 0.6) is 0 Å². The highest BCUT2D eigenvalue weighted by atomic mass is 35.5. The van der Waals surface area contributed by atoms with Crippen molar-refractivity contribution in [2.45, 2.75) is 19.7 Å². The molecule has 1 unspecified atom stereocenters. The lowest BCUT2D eigenvalue weighted by atomic mass is 10.2. The minimum Gasteiger partial charge on any atom is -0.356 e. The Bertz CT molecular complexity index is 931. The zero-order valence-electron chi connectivity index (χ0n) is 17.0. The van der Waals surface area contributed by atoms with Crippen LogP contribution in [0, 0.1) is 0 Å². The Morgan fingerprint density at radius 1 is 1.10 bits per heavy atom. The molecule has 6 nitrogen and oxygen atoms in total. The van der Waals surface area contributed by atoms with Crippen molar-refractivity contribution in [3.05, 3.63) is 89.3 Å². The van der Waals surface area contributed by atoms with Gasteiger partial charge in [-0.3, -0.25) is 14.8 Å². The molecule has 7 heteroatoms. The van der Waals surface area contributed by atoms with Gasteiger partial charge >= 0.3 is 0 Å². The number of hydrazine groups is 1. The number of para-hydroxylation sites is 1. The maximum absolute atomic E-state index is 10.7. The number of amides is 1. The molecular weight excluding hydrogens is 400 g/mol. The first-order valence-electron chi connectivity index (χ1n) is 9.71. The summed E-state index contributed by atoms with van der Waals surface area (Å²) in [7, 11) is 1.84. The minimum absolute atomic E-state index is 0.380. The fourth-order valence-electron chi connectivity index (χ4n) is 3.20. The van der Waals surface area contributed by atoms with Gasteiger partial charge in [-0.2, -0.15) is 5.01 Å². The van der Waals surface area contributed by atoms with Gasteiger partial charge in [-0.1, -0.05) is 66.2 Å². The largest absolute Gasteiger partial charge is 0.356 e. The van der Waals surface area contributed by atoms with Crippen molar-refractivity contribution < 1.29 is 9.53 Å². The van der Waals surface area contributed by atoms with Crippen LogP contribution in [-0.4, -0.2) is 41.3 Å². The summed E-state index contributed by atoms with van der Waals surface area (Å²) in [5, 5.41) is 8.08. The smallest absolute Gasteiger partial charge is 0.212 e. The number of carbonyl (C=O) groups excluding carboxylic acids is 1. The Balaban J connectivity index is 0.000000212. The molecule has 0 fully saturated rings. The molecule has 0 saturated carbocycles. The second-order valence-electron chi connectivity index (χ2n) is 6.57. The van der Waals surface area contributed by atoms with Crippen molar-refractivity contribution in [2.24, 2.45) is 0 Å². The summed E-state index contributed by atoms with van der Waals surface area (Å²) in [5.41, 5.74) is 2.20. The third-order valence-electron chi connectivity index (χ3n) is 4.64. The summed E-state index contributed by atoms with van der Waals surface area (Å²) in [6, 6.07) is 22.1. The van der Waals surface area contributed by atoms with Gasteiger partial charge in [0.2, 0.25) is 6.41 Å². The topological polar surface area (TPSA) is 57.7 Å². The van der Waals surface area contributed by atoms with Crippen LogP contribution in [0.4, 0.5) is 0 Å². The van der Waals surface area contributed by atoms with Gasteiger partial charge in [0.25, 0.3) is 0 Å². The zero-order chi connectivity index (χ0) is 21.3. The van der Waals surface area contributed by atoms with Crippen molar-refractivity contribution in [2.75, 3.05) is 13.7 Å². The molecule has 4 rings (SSSR count). The molecular formula is C23H25ClN4O2. The van der Waals surface area contributed by atoms with Crippen LogP contribution in [0.15, 0.2) is 83.8 Å². The molecule has 156 valence electrons. The number of nitrogens with one attached hydrogen (secondary N) is 1.